The lowest BCUT2D eigenvalue weighted by molar-refractivity contribution is -0.00000447. The van der Waals surface area contributed by atoms with E-state index in [1.807, 2.05) is 0 Å². The van der Waals surface area contributed by atoms with Crippen LogP contribution in [0.25, 0.3) is 0 Å². The van der Waals surface area contributed by atoms with Gasteiger partial charge in [0.25, 0.3) is 0 Å². The van der Waals surface area contributed by atoms with Gasteiger partial charge in [-0.1, -0.05) is 38.0 Å². The van der Waals surface area contributed by atoms with Gasteiger partial charge in [0.1, 0.15) is 12.4 Å². The second-order valence-corrected chi connectivity index (χ2v) is 5.46. The second-order valence-electron chi connectivity index (χ2n) is 5.46. The average Bonchev–Trinajstić information content (AvgIpc) is 2.47. The maximum absolute atomic E-state index is 6.00. The van der Waals surface area contributed by atoms with E-state index in [0.29, 0.717) is 0 Å². The number of benzene rings is 1. The van der Waals surface area contributed by atoms with Crippen LogP contribution in [0.15, 0.2) is 24.3 Å². The summed E-state index contributed by atoms with van der Waals surface area (Å²) in [6.45, 7) is 6.63. The Hall–Kier alpha value is -0.730. The topological polar surface area (TPSA) is 12.5 Å². The highest BCUT2D eigenvalue weighted by atomic mass is 35.5. The molecule has 1 aromatic carbocycles. The largest absolute Gasteiger partial charge is 1.00 e. The molecule has 0 amide bonds. The Kier molecular flexibility index (Phi) is 8.72. The predicted molar refractivity (Wildman–Crippen MR) is 80.8 cm³/mol. The van der Waals surface area contributed by atoms with Crippen molar-refractivity contribution >= 4 is 0 Å². The molecule has 1 aliphatic rings. The van der Waals surface area contributed by atoms with E-state index in [0.717, 1.165) is 25.3 Å². The fraction of sp³-hybridized carbons (Fsp3) is 0.647. The first kappa shape index (κ1) is 17.3. The van der Waals surface area contributed by atoms with Gasteiger partial charge in [-0.15, -0.1) is 0 Å². The van der Waals surface area contributed by atoms with Crippen LogP contribution in [0.5, 0.6) is 5.75 Å². The Morgan fingerprint density at radius 2 is 1.85 bits per heavy atom. The van der Waals surface area contributed by atoms with E-state index in [1.54, 1.807) is 0 Å². The number of piperidine rings is 1. The van der Waals surface area contributed by atoms with Crippen LogP contribution in [-0.2, 0) is 6.42 Å². The fourth-order valence-electron chi connectivity index (χ4n) is 2.69. The van der Waals surface area contributed by atoms with Gasteiger partial charge in [0.05, 0.1) is 0 Å². The van der Waals surface area contributed by atoms with Crippen molar-refractivity contribution in [3.8, 4) is 5.75 Å². The smallest absolute Gasteiger partial charge is 0.122 e. The minimum atomic E-state index is 0. The minimum Gasteiger partial charge on any atom is -1.00 e. The summed E-state index contributed by atoms with van der Waals surface area (Å²) in [4.78, 5) is 2.53. The van der Waals surface area contributed by atoms with Crippen molar-refractivity contribution in [2.24, 2.45) is 0 Å². The summed E-state index contributed by atoms with van der Waals surface area (Å²) in [5.41, 5.74) is 1.36. The van der Waals surface area contributed by atoms with E-state index >= 15 is 0 Å². The molecule has 0 unspecified atom stereocenters. The minimum absolute atomic E-state index is 0. The first-order valence-electron chi connectivity index (χ1n) is 7.83. The van der Waals surface area contributed by atoms with Gasteiger partial charge in [0, 0.05) is 6.54 Å². The third kappa shape index (κ3) is 5.72. The molecule has 0 atom stereocenters. The zero-order valence-corrected chi connectivity index (χ0v) is 13.4. The standard InChI is InChI=1S/C17H27NO.ClH/c1-2-3-9-16-10-5-6-11-17(16)19-15-14-18-12-7-4-8-13-18;/h5-6,10-11H,2-4,7-9,12-15H2,1H3;1H/p-1. The summed E-state index contributed by atoms with van der Waals surface area (Å²) in [5, 5.41) is 0. The van der Waals surface area contributed by atoms with E-state index in [1.165, 1.54) is 50.8 Å². The van der Waals surface area contributed by atoms with Crippen molar-refractivity contribution in [3.05, 3.63) is 29.8 Å². The maximum atomic E-state index is 6.00. The molecular formula is C17H27ClNO-. The van der Waals surface area contributed by atoms with Crippen LogP contribution < -0.4 is 17.1 Å². The first-order chi connectivity index (χ1) is 9.40. The average molecular weight is 297 g/mol. The van der Waals surface area contributed by atoms with Crippen molar-refractivity contribution in [2.75, 3.05) is 26.2 Å². The number of unbranched alkanes of at least 4 members (excludes halogenated alkanes) is 1. The number of likely N-dealkylation sites (tertiary alicyclic amines) is 1. The van der Waals surface area contributed by atoms with Gasteiger partial charge in [-0.25, -0.2) is 0 Å². The van der Waals surface area contributed by atoms with E-state index in [9.17, 15) is 0 Å². The molecule has 114 valence electrons. The van der Waals surface area contributed by atoms with E-state index < -0.39 is 0 Å². The number of hydrogen-bond donors (Lipinski definition) is 0. The van der Waals surface area contributed by atoms with Gasteiger partial charge in [-0.3, -0.25) is 4.90 Å². The van der Waals surface area contributed by atoms with Gasteiger partial charge < -0.3 is 17.1 Å². The zero-order valence-electron chi connectivity index (χ0n) is 12.6. The molecule has 0 aliphatic carbocycles. The third-order valence-corrected chi connectivity index (χ3v) is 3.89. The molecule has 1 saturated heterocycles. The quantitative estimate of drug-likeness (QED) is 0.741. The summed E-state index contributed by atoms with van der Waals surface area (Å²) in [6.07, 6.45) is 7.72. The number of hydrogen-bond acceptors (Lipinski definition) is 2. The molecule has 1 aliphatic heterocycles. The van der Waals surface area contributed by atoms with E-state index in [2.05, 4.69) is 36.1 Å². The van der Waals surface area contributed by atoms with Crippen molar-refractivity contribution in [1.82, 2.24) is 4.90 Å². The Bertz CT molecular complexity index is 364. The van der Waals surface area contributed by atoms with Gasteiger partial charge in [0.15, 0.2) is 0 Å². The van der Waals surface area contributed by atoms with Gasteiger partial charge in [0.2, 0.25) is 0 Å². The SMILES string of the molecule is CCCCc1ccccc1OCCN1CCCCC1.[Cl-]. The molecule has 3 heteroatoms. The summed E-state index contributed by atoms with van der Waals surface area (Å²) in [5.74, 6) is 1.09. The molecule has 20 heavy (non-hydrogen) atoms. The Labute approximate surface area is 129 Å². The molecule has 2 rings (SSSR count). The van der Waals surface area contributed by atoms with Crippen LogP contribution in [0.1, 0.15) is 44.6 Å². The van der Waals surface area contributed by atoms with Crippen molar-refractivity contribution < 1.29 is 17.1 Å². The van der Waals surface area contributed by atoms with Crippen LogP contribution in [-0.4, -0.2) is 31.1 Å². The van der Waals surface area contributed by atoms with Crippen LogP contribution in [0, 0.1) is 0 Å². The van der Waals surface area contributed by atoms with Crippen LogP contribution in [0.3, 0.4) is 0 Å². The Morgan fingerprint density at radius 3 is 2.60 bits per heavy atom. The van der Waals surface area contributed by atoms with Gasteiger partial charge in [-0.2, -0.15) is 0 Å². The van der Waals surface area contributed by atoms with Crippen LogP contribution >= 0.6 is 0 Å². The van der Waals surface area contributed by atoms with Crippen molar-refractivity contribution in [1.29, 1.82) is 0 Å². The second kappa shape index (κ2) is 10.1. The van der Waals surface area contributed by atoms with E-state index in [-0.39, 0.29) is 12.4 Å². The number of ether oxygens (including phenoxy) is 1. The molecule has 0 aromatic heterocycles. The van der Waals surface area contributed by atoms with Crippen LogP contribution in [0.2, 0.25) is 0 Å². The lowest BCUT2D eigenvalue weighted by Gasteiger charge is -2.26. The monoisotopic (exact) mass is 296 g/mol. The molecule has 1 heterocycles. The first-order valence-corrected chi connectivity index (χ1v) is 7.83. The Morgan fingerprint density at radius 1 is 1.10 bits per heavy atom. The summed E-state index contributed by atoms with van der Waals surface area (Å²) in [7, 11) is 0. The number of halogens is 1. The molecule has 2 nitrogen and oxygen atoms in total. The van der Waals surface area contributed by atoms with Gasteiger partial charge >= 0.3 is 0 Å². The zero-order chi connectivity index (χ0) is 13.3. The highest BCUT2D eigenvalue weighted by Gasteiger charge is 2.10. The highest BCUT2D eigenvalue weighted by molar-refractivity contribution is 5.33. The normalized spacial score (nSPS) is 15.7. The molecule has 1 aromatic rings. The number of para-hydroxylation sites is 1. The summed E-state index contributed by atoms with van der Waals surface area (Å²) >= 11 is 0. The number of rotatable bonds is 7. The van der Waals surface area contributed by atoms with Crippen molar-refractivity contribution in [2.45, 2.75) is 45.4 Å². The lowest BCUT2D eigenvalue weighted by atomic mass is 10.1. The van der Waals surface area contributed by atoms with Crippen LogP contribution in [0.4, 0.5) is 0 Å². The van der Waals surface area contributed by atoms with Crippen molar-refractivity contribution in [3.63, 3.8) is 0 Å². The number of aryl methyl sites for hydroxylation is 1. The predicted octanol–water partition coefficient (Wildman–Crippen LogP) is 0.898. The Balaban J connectivity index is 0.00000200. The molecular weight excluding hydrogens is 270 g/mol. The molecule has 0 saturated carbocycles. The molecule has 0 radical (unpaired) electrons. The van der Waals surface area contributed by atoms with E-state index in [4.69, 9.17) is 4.74 Å². The summed E-state index contributed by atoms with van der Waals surface area (Å²) < 4.78 is 6.00. The highest BCUT2D eigenvalue weighted by Crippen LogP contribution is 2.20. The fourth-order valence-corrected chi connectivity index (χ4v) is 2.69. The molecule has 0 bridgehead atoms. The third-order valence-electron chi connectivity index (χ3n) is 3.89. The molecule has 0 N–H and O–H groups in total. The number of nitrogens with zero attached hydrogens (tertiary/aromatic N) is 1. The summed E-state index contributed by atoms with van der Waals surface area (Å²) in [6, 6.07) is 8.50. The molecule has 0 spiro atoms. The lowest BCUT2D eigenvalue weighted by Crippen LogP contribution is -3.00. The molecule has 1 fully saturated rings. The maximum Gasteiger partial charge on any atom is 0.122 e. The van der Waals surface area contributed by atoms with Gasteiger partial charge in [-0.05, 0) is 50.4 Å².